The Hall–Kier alpha value is -1.30. The van der Waals surface area contributed by atoms with Gasteiger partial charge >= 0.3 is 0 Å². The zero-order valence-electron chi connectivity index (χ0n) is 11.6. The van der Waals surface area contributed by atoms with Gasteiger partial charge in [-0.15, -0.1) is 0 Å². The number of β-lactam (4-membered cyclic amide) rings is 1. The molecule has 1 atom stereocenters. The normalized spacial score (nSPS) is 22.5. The Kier molecular flexibility index (Phi) is 3.99. The van der Waals surface area contributed by atoms with E-state index in [9.17, 15) is 4.79 Å². The Balaban J connectivity index is 2.00. The van der Waals surface area contributed by atoms with Gasteiger partial charge in [-0.05, 0) is 20.3 Å². The zero-order chi connectivity index (χ0) is 14.0. The molecule has 0 spiro atoms. The molecular formula is C13H20N4OS. The standard InChI is InChI=1S/C13H20N4OS/c1-4-9-6-10(14)16-12(15-9)19-8-13(3)7-17(5-2)11(13)18/h6H,4-5,7-8H2,1-3H3,(H2,14,15,16). The Morgan fingerprint density at radius 1 is 1.47 bits per heavy atom. The monoisotopic (exact) mass is 280 g/mol. The number of likely N-dealkylation sites (tertiary alicyclic amines) is 1. The van der Waals surface area contributed by atoms with Crippen LogP contribution in [0.15, 0.2) is 11.2 Å². The second-order valence-corrected chi connectivity index (χ2v) is 6.03. The quantitative estimate of drug-likeness (QED) is 0.504. The molecule has 19 heavy (non-hydrogen) atoms. The lowest BCUT2D eigenvalue weighted by Gasteiger charge is -2.46. The molecular weight excluding hydrogens is 260 g/mol. The number of carbonyl (C=O) groups excluding carboxylic acids is 1. The fourth-order valence-electron chi connectivity index (χ4n) is 2.18. The first-order valence-electron chi connectivity index (χ1n) is 6.54. The van der Waals surface area contributed by atoms with Gasteiger partial charge in [-0.2, -0.15) is 0 Å². The molecule has 2 rings (SSSR count). The van der Waals surface area contributed by atoms with E-state index in [0.29, 0.717) is 16.7 Å². The molecule has 1 saturated heterocycles. The first-order valence-corrected chi connectivity index (χ1v) is 7.52. The van der Waals surface area contributed by atoms with Crippen LogP contribution in [0.5, 0.6) is 0 Å². The number of nitrogens with zero attached hydrogens (tertiary/aromatic N) is 3. The Labute approximate surface area is 118 Å². The topological polar surface area (TPSA) is 72.1 Å². The van der Waals surface area contributed by atoms with Crippen LogP contribution in [0.25, 0.3) is 0 Å². The number of aryl methyl sites for hydroxylation is 1. The van der Waals surface area contributed by atoms with Crippen molar-refractivity contribution in [3.05, 3.63) is 11.8 Å². The molecule has 1 amide bonds. The lowest BCUT2D eigenvalue weighted by Crippen LogP contribution is -2.60. The molecule has 104 valence electrons. The van der Waals surface area contributed by atoms with Crippen LogP contribution in [0.2, 0.25) is 0 Å². The average Bonchev–Trinajstić information content (AvgIpc) is 2.41. The summed E-state index contributed by atoms with van der Waals surface area (Å²) in [7, 11) is 0. The minimum Gasteiger partial charge on any atom is -0.384 e. The van der Waals surface area contributed by atoms with Crippen LogP contribution in [0, 0.1) is 5.41 Å². The minimum atomic E-state index is -0.277. The summed E-state index contributed by atoms with van der Waals surface area (Å²) in [6.07, 6.45) is 0.833. The molecule has 1 aromatic rings. The highest BCUT2D eigenvalue weighted by Crippen LogP contribution is 2.36. The van der Waals surface area contributed by atoms with Gasteiger partial charge in [0.15, 0.2) is 5.16 Å². The first-order chi connectivity index (χ1) is 8.98. The van der Waals surface area contributed by atoms with Gasteiger partial charge in [0, 0.05) is 30.6 Å². The van der Waals surface area contributed by atoms with E-state index >= 15 is 0 Å². The predicted molar refractivity (Wildman–Crippen MR) is 76.9 cm³/mol. The smallest absolute Gasteiger partial charge is 0.231 e. The molecule has 0 aliphatic carbocycles. The van der Waals surface area contributed by atoms with Crippen molar-refractivity contribution in [2.24, 2.45) is 5.41 Å². The maximum atomic E-state index is 12.0. The lowest BCUT2D eigenvalue weighted by atomic mass is 9.83. The summed E-state index contributed by atoms with van der Waals surface area (Å²) in [5.74, 6) is 1.42. The summed E-state index contributed by atoms with van der Waals surface area (Å²) >= 11 is 1.51. The Morgan fingerprint density at radius 2 is 2.21 bits per heavy atom. The van der Waals surface area contributed by atoms with Crippen molar-refractivity contribution in [2.45, 2.75) is 32.3 Å². The third-order valence-corrected chi connectivity index (χ3v) is 4.61. The van der Waals surface area contributed by atoms with E-state index in [0.717, 1.165) is 25.2 Å². The number of aromatic nitrogens is 2. The van der Waals surface area contributed by atoms with E-state index < -0.39 is 0 Å². The van der Waals surface area contributed by atoms with Crippen molar-refractivity contribution < 1.29 is 4.79 Å². The number of carbonyl (C=O) groups is 1. The van der Waals surface area contributed by atoms with Gasteiger partial charge in [0.25, 0.3) is 0 Å². The van der Waals surface area contributed by atoms with E-state index in [4.69, 9.17) is 5.73 Å². The molecule has 2 heterocycles. The predicted octanol–water partition coefficient (Wildman–Crippen LogP) is 1.58. The number of hydrogen-bond donors (Lipinski definition) is 1. The van der Waals surface area contributed by atoms with Gasteiger partial charge in [-0.3, -0.25) is 4.79 Å². The largest absolute Gasteiger partial charge is 0.384 e. The highest BCUT2D eigenvalue weighted by atomic mass is 32.2. The highest BCUT2D eigenvalue weighted by molar-refractivity contribution is 7.99. The van der Waals surface area contributed by atoms with E-state index in [2.05, 4.69) is 9.97 Å². The molecule has 1 fully saturated rings. The van der Waals surface area contributed by atoms with Crippen LogP contribution in [0.3, 0.4) is 0 Å². The van der Waals surface area contributed by atoms with Gasteiger partial charge in [0.1, 0.15) is 5.82 Å². The van der Waals surface area contributed by atoms with Crippen molar-refractivity contribution in [3.8, 4) is 0 Å². The molecule has 6 heteroatoms. The highest BCUT2D eigenvalue weighted by Gasteiger charge is 2.47. The fraction of sp³-hybridized carbons (Fsp3) is 0.615. The second kappa shape index (κ2) is 5.36. The molecule has 1 unspecified atom stereocenters. The second-order valence-electron chi connectivity index (χ2n) is 5.09. The van der Waals surface area contributed by atoms with Crippen LogP contribution in [-0.2, 0) is 11.2 Å². The molecule has 0 saturated carbocycles. The number of rotatable bonds is 5. The maximum Gasteiger partial charge on any atom is 0.231 e. The Bertz CT molecular complexity index is 494. The van der Waals surface area contributed by atoms with Gasteiger partial charge in [0.2, 0.25) is 5.91 Å². The molecule has 1 aliphatic heterocycles. The molecule has 0 radical (unpaired) electrons. The molecule has 1 aromatic heterocycles. The summed E-state index contributed by atoms with van der Waals surface area (Å²) < 4.78 is 0. The average molecular weight is 280 g/mol. The summed E-state index contributed by atoms with van der Waals surface area (Å²) in [5, 5.41) is 0.667. The van der Waals surface area contributed by atoms with E-state index in [1.807, 2.05) is 25.7 Å². The number of hydrogen-bond acceptors (Lipinski definition) is 5. The third kappa shape index (κ3) is 2.83. The minimum absolute atomic E-state index is 0.224. The van der Waals surface area contributed by atoms with Crippen molar-refractivity contribution in [2.75, 3.05) is 24.6 Å². The molecule has 0 aromatic carbocycles. The van der Waals surface area contributed by atoms with Crippen LogP contribution in [0.4, 0.5) is 5.82 Å². The summed E-state index contributed by atoms with van der Waals surface area (Å²) in [4.78, 5) is 22.5. The van der Waals surface area contributed by atoms with Crippen LogP contribution in [-0.4, -0.2) is 39.6 Å². The van der Waals surface area contributed by atoms with E-state index in [1.54, 1.807) is 6.07 Å². The molecule has 1 aliphatic rings. The number of amides is 1. The van der Waals surface area contributed by atoms with Gasteiger partial charge in [-0.1, -0.05) is 18.7 Å². The van der Waals surface area contributed by atoms with E-state index in [-0.39, 0.29) is 11.3 Å². The fourth-order valence-corrected chi connectivity index (χ4v) is 3.19. The number of thioether (sulfide) groups is 1. The zero-order valence-corrected chi connectivity index (χ0v) is 12.5. The van der Waals surface area contributed by atoms with Crippen molar-refractivity contribution >= 4 is 23.5 Å². The van der Waals surface area contributed by atoms with Crippen LogP contribution < -0.4 is 5.73 Å². The molecule has 2 N–H and O–H groups in total. The number of nitrogens with two attached hydrogens (primary N) is 1. The molecule has 0 bridgehead atoms. The lowest BCUT2D eigenvalue weighted by molar-refractivity contribution is -0.155. The molecule has 5 nitrogen and oxygen atoms in total. The maximum absolute atomic E-state index is 12.0. The van der Waals surface area contributed by atoms with Gasteiger partial charge < -0.3 is 10.6 Å². The number of anilines is 1. The van der Waals surface area contributed by atoms with Crippen molar-refractivity contribution in [3.63, 3.8) is 0 Å². The van der Waals surface area contributed by atoms with Gasteiger partial charge in [-0.25, -0.2) is 9.97 Å². The van der Waals surface area contributed by atoms with Crippen LogP contribution >= 0.6 is 11.8 Å². The third-order valence-electron chi connectivity index (χ3n) is 3.39. The van der Waals surface area contributed by atoms with Gasteiger partial charge in [0.05, 0.1) is 5.41 Å². The Morgan fingerprint density at radius 3 is 2.79 bits per heavy atom. The summed E-state index contributed by atoms with van der Waals surface area (Å²) in [6, 6.07) is 1.79. The summed E-state index contributed by atoms with van der Waals surface area (Å²) in [6.45, 7) is 7.64. The SMILES string of the molecule is CCc1cc(N)nc(SCC2(C)CN(CC)C2=O)n1. The van der Waals surface area contributed by atoms with Crippen molar-refractivity contribution in [1.82, 2.24) is 14.9 Å². The summed E-state index contributed by atoms with van der Waals surface area (Å²) in [5.41, 5.74) is 6.42. The van der Waals surface area contributed by atoms with E-state index in [1.165, 1.54) is 11.8 Å². The first kappa shape index (κ1) is 14.1. The van der Waals surface area contributed by atoms with Crippen molar-refractivity contribution in [1.29, 1.82) is 0 Å². The van der Waals surface area contributed by atoms with Crippen LogP contribution in [0.1, 0.15) is 26.5 Å². The number of nitrogen functional groups attached to an aromatic ring is 1.